The van der Waals surface area contributed by atoms with Crippen LogP contribution >= 0.6 is 0 Å². The van der Waals surface area contributed by atoms with Crippen LogP contribution in [0.2, 0.25) is 0 Å². The molecule has 1 heterocycles. The first-order valence-corrected chi connectivity index (χ1v) is 8.43. The second-order valence-corrected chi connectivity index (χ2v) is 6.06. The van der Waals surface area contributed by atoms with Crippen LogP contribution in [0, 0.1) is 5.92 Å². The Morgan fingerprint density at radius 3 is 2.76 bits per heavy atom. The van der Waals surface area contributed by atoms with Gasteiger partial charge in [0, 0.05) is 39.1 Å². The summed E-state index contributed by atoms with van der Waals surface area (Å²) < 4.78 is 0. The molecule has 0 aromatic carbocycles. The highest BCUT2D eigenvalue weighted by Gasteiger charge is 2.18. The first-order chi connectivity index (χ1) is 10.1. The molecule has 0 bridgehead atoms. The molecule has 1 amide bonds. The van der Waals surface area contributed by atoms with Crippen molar-refractivity contribution < 1.29 is 4.79 Å². The Hall–Kier alpha value is -1.26. The fourth-order valence-corrected chi connectivity index (χ4v) is 2.45. The van der Waals surface area contributed by atoms with Gasteiger partial charge in [-0.25, -0.2) is 0 Å². The van der Waals surface area contributed by atoms with Crippen molar-refractivity contribution >= 4 is 11.9 Å². The van der Waals surface area contributed by atoms with E-state index in [-0.39, 0.29) is 0 Å². The highest BCUT2D eigenvalue weighted by molar-refractivity contribution is 5.79. The molecular weight excluding hydrogens is 264 g/mol. The number of guanidine groups is 1. The van der Waals surface area contributed by atoms with E-state index in [9.17, 15) is 4.79 Å². The zero-order valence-corrected chi connectivity index (χ0v) is 14.0. The maximum absolute atomic E-state index is 11.5. The number of carbonyl (C=O) groups excluding carboxylic acids is 1. The maximum Gasteiger partial charge on any atom is 0.222 e. The van der Waals surface area contributed by atoms with Crippen LogP contribution in [-0.4, -0.2) is 49.5 Å². The standard InChI is InChI=1S/C16H32N4O/c1-4-17-16(18-10-5-8-14(2)3)19-11-7-13-20-12-6-9-15(20)21/h14H,4-13H2,1-3H3,(H2,17,18,19). The quantitative estimate of drug-likeness (QED) is 0.389. The Labute approximate surface area is 129 Å². The third-order valence-corrected chi connectivity index (χ3v) is 3.62. The monoisotopic (exact) mass is 296 g/mol. The van der Waals surface area contributed by atoms with E-state index < -0.39 is 0 Å². The summed E-state index contributed by atoms with van der Waals surface area (Å²) in [4.78, 5) is 18.0. The summed E-state index contributed by atoms with van der Waals surface area (Å²) in [5.74, 6) is 1.95. The van der Waals surface area contributed by atoms with Gasteiger partial charge in [-0.1, -0.05) is 13.8 Å². The van der Waals surface area contributed by atoms with Crippen LogP contribution in [0.25, 0.3) is 0 Å². The number of hydrogen-bond donors (Lipinski definition) is 2. The molecular formula is C16H32N4O. The number of amides is 1. The van der Waals surface area contributed by atoms with Gasteiger partial charge >= 0.3 is 0 Å². The average Bonchev–Trinajstić information content (AvgIpc) is 2.84. The zero-order chi connectivity index (χ0) is 15.5. The summed E-state index contributed by atoms with van der Waals surface area (Å²) in [5.41, 5.74) is 0. The summed E-state index contributed by atoms with van der Waals surface area (Å²) in [7, 11) is 0. The van der Waals surface area contributed by atoms with Crippen LogP contribution < -0.4 is 10.6 Å². The van der Waals surface area contributed by atoms with E-state index in [0.29, 0.717) is 5.91 Å². The van der Waals surface area contributed by atoms with Crippen molar-refractivity contribution in [1.29, 1.82) is 0 Å². The molecule has 0 saturated carbocycles. The van der Waals surface area contributed by atoms with Crippen molar-refractivity contribution in [3.63, 3.8) is 0 Å². The lowest BCUT2D eigenvalue weighted by Gasteiger charge is -2.15. The lowest BCUT2D eigenvalue weighted by Crippen LogP contribution is -2.38. The van der Waals surface area contributed by atoms with E-state index in [0.717, 1.165) is 63.9 Å². The fourth-order valence-electron chi connectivity index (χ4n) is 2.45. The van der Waals surface area contributed by atoms with Crippen molar-refractivity contribution in [2.45, 2.75) is 52.9 Å². The van der Waals surface area contributed by atoms with Crippen molar-refractivity contribution in [3.05, 3.63) is 0 Å². The molecule has 1 fully saturated rings. The summed E-state index contributed by atoms with van der Waals surface area (Å²) in [6, 6.07) is 0. The van der Waals surface area contributed by atoms with E-state index in [1.807, 2.05) is 4.90 Å². The summed E-state index contributed by atoms with van der Waals surface area (Å²) in [5, 5.41) is 6.64. The number of nitrogens with one attached hydrogen (secondary N) is 2. The molecule has 2 N–H and O–H groups in total. The van der Waals surface area contributed by atoms with Gasteiger partial charge in [0.2, 0.25) is 5.91 Å². The molecule has 0 aromatic rings. The Bertz CT molecular complexity index is 328. The van der Waals surface area contributed by atoms with E-state index >= 15 is 0 Å². The third-order valence-electron chi connectivity index (χ3n) is 3.62. The van der Waals surface area contributed by atoms with Crippen LogP contribution in [0.3, 0.4) is 0 Å². The third kappa shape index (κ3) is 7.93. The summed E-state index contributed by atoms with van der Waals surface area (Å²) >= 11 is 0. The molecule has 21 heavy (non-hydrogen) atoms. The van der Waals surface area contributed by atoms with E-state index in [1.165, 1.54) is 12.8 Å². The molecule has 5 nitrogen and oxygen atoms in total. The Morgan fingerprint density at radius 1 is 1.33 bits per heavy atom. The predicted octanol–water partition coefficient (Wildman–Crippen LogP) is 1.99. The minimum absolute atomic E-state index is 0.303. The summed E-state index contributed by atoms with van der Waals surface area (Å²) in [6.07, 6.45) is 5.09. The first kappa shape index (κ1) is 17.8. The maximum atomic E-state index is 11.5. The number of rotatable bonds is 9. The molecule has 0 aliphatic carbocycles. The van der Waals surface area contributed by atoms with Crippen molar-refractivity contribution in [3.8, 4) is 0 Å². The van der Waals surface area contributed by atoms with Gasteiger partial charge in [-0.05, 0) is 38.5 Å². The van der Waals surface area contributed by atoms with Gasteiger partial charge in [0.1, 0.15) is 0 Å². The lowest BCUT2D eigenvalue weighted by atomic mass is 10.1. The number of aliphatic imine (C=N–C) groups is 1. The minimum Gasteiger partial charge on any atom is -0.357 e. The van der Waals surface area contributed by atoms with Crippen LogP contribution in [0.4, 0.5) is 0 Å². The van der Waals surface area contributed by atoms with Crippen LogP contribution in [0.15, 0.2) is 4.99 Å². The second-order valence-electron chi connectivity index (χ2n) is 6.06. The van der Waals surface area contributed by atoms with Gasteiger partial charge in [0.25, 0.3) is 0 Å². The van der Waals surface area contributed by atoms with Gasteiger partial charge in [-0.15, -0.1) is 0 Å². The van der Waals surface area contributed by atoms with E-state index in [1.54, 1.807) is 0 Å². The summed E-state index contributed by atoms with van der Waals surface area (Å²) in [6.45, 7) is 11.0. The lowest BCUT2D eigenvalue weighted by molar-refractivity contribution is -0.127. The molecule has 0 unspecified atom stereocenters. The van der Waals surface area contributed by atoms with Gasteiger partial charge in [0.05, 0.1) is 0 Å². The molecule has 0 atom stereocenters. The minimum atomic E-state index is 0.303. The molecule has 1 rings (SSSR count). The van der Waals surface area contributed by atoms with Crippen LogP contribution in [-0.2, 0) is 4.79 Å². The average molecular weight is 296 g/mol. The second kappa shape index (κ2) is 10.5. The van der Waals surface area contributed by atoms with Gasteiger partial charge < -0.3 is 15.5 Å². The molecule has 0 radical (unpaired) electrons. The van der Waals surface area contributed by atoms with Gasteiger partial charge in [-0.2, -0.15) is 0 Å². The highest BCUT2D eigenvalue weighted by Crippen LogP contribution is 2.09. The smallest absolute Gasteiger partial charge is 0.222 e. The topological polar surface area (TPSA) is 56.7 Å². The highest BCUT2D eigenvalue weighted by atomic mass is 16.2. The Kier molecular flexibility index (Phi) is 8.87. The molecule has 1 aliphatic rings. The van der Waals surface area contributed by atoms with Crippen LogP contribution in [0.1, 0.15) is 52.9 Å². The first-order valence-electron chi connectivity index (χ1n) is 8.43. The van der Waals surface area contributed by atoms with E-state index in [4.69, 9.17) is 0 Å². The number of likely N-dealkylation sites (tertiary alicyclic amines) is 1. The van der Waals surface area contributed by atoms with Crippen molar-refractivity contribution in [1.82, 2.24) is 15.5 Å². The van der Waals surface area contributed by atoms with Gasteiger partial charge in [0.15, 0.2) is 5.96 Å². The SMILES string of the molecule is CCNC(=NCCCN1CCCC1=O)NCCCC(C)C. The zero-order valence-electron chi connectivity index (χ0n) is 14.0. The number of nitrogens with zero attached hydrogens (tertiary/aromatic N) is 2. The predicted molar refractivity (Wildman–Crippen MR) is 88.5 cm³/mol. The molecule has 1 aliphatic heterocycles. The van der Waals surface area contributed by atoms with Gasteiger partial charge in [-0.3, -0.25) is 9.79 Å². The molecule has 1 saturated heterocycles. The van der Waals surface area contributed by atoms with Crippen molar-refractivity contribution in [2.24, 2.45) is 10.9 Å². The van der Waals surface area contributed by atoms with Crippen molar-refractivity contribution in [2.75, 3.05) is 32.7 Å². The molecule has 5 heteroatoms. The number of hydrogen-bond acceptors (Lipinski definition) is 2. The molecule has 122 valence electrons. The Morgan fingerprint density at radius 2 is 2.14 bits per heavy atom. The molecule has 0 aromatic heterocycles. The molecule has 0 spiro atoms. The number of carbonyl (C=O) groups is 1. The fraction of sp³-hybridized carbons (Fsp3) is 0.875. The normalized spacial score (nSPS) is 15.9. The van der Waals surface area contributed by atoms with E-state index in [2.05, 4.69) is 36.4 Å². The Balaban J connectivity index is 2.19. The van der Waals surface area contributed by atoms with Crippen LogP contribution in [0.5, 0.6) is 0 Å². The largest absolute Gasteiger partial charge is 0.357 e.